The number of hydrogen-bond acceptors (Lipinski definition) is 4. The van der Waals surface area contributed by atoms with E-state index in [1.54, 1.807) is 0 Å². The minimum Gasteiger partial charge on any atom is -0.431 e. The third-order valence-electron chi connectivity index (χ3n) is 6.53. The fourth-order valence-electron chi connectivity index (χ4n) is 4.53. The summed E-state index contributed by atoms with van der Waals surface area (Å²) in [5.74, 6) is -10.9. The first-order valence-electron chi connectivity index (χ1n) is 10.2. The highest BCUT2D eigenvalue weighted by Crippen LogP contribution is 2.62. The van der Waals surface area contributed by atoms with E-state index < -0.39 is 77.1 Å². The largest absolute Gasteiger partial charge is 0.431 e. The van der Waals surface area contributed by atoms with Crippen molar-refractivity contribution in [3.63, 3.8) is 0 Å². The van der Waals surface area contributed by atoms with Crippen LogP contribution in [0.4, 0.5) is 36.4 Å². The van der Waals surface area contributed by atoms with Gasteiger partial charge in [-0.3, -0.25) is 14.6 Å². The molecule has 190 valence electrons. The second kappa shape index (κ2) is 9.34. The molecule has 35 heavy (non-hydrogen) atoms. The van der Waals surface area contributed by atoms with Gasteiger partial charge in [0.15, 0.2) is 11.6 Å². The fraction of sp³-hybridized carbons (Fsp3) is 0.409. The van der Waals surface area contributed by atoms with Gasteiger partial charge in [-0.1, -0.05) is 19.9 Å². The molecular formula is C22H20F7N3O3. The average Bonchev–Trinajstić information content (AvgIpc) is 3.04. The molecule has 1 aromatic heterocycles. The van der Waals surface area contributed by atoms with Gasteiger partial charge in [-0.15, -0.1) is 0 Å². The van der Waals surface area contributed by atoms with Crippen LogP contribution in [0.2, 0.25) is 0 Å². The van der Waals surface area contributed by atoms with E-state index in [1.165, 1.54) is 6.07 Å². The van der Waals surface area contributed by atoms with Crippen molar-refractivity contribution >= 4 is 17.5 Å². The van der Waals surface area contributed by atoms with Crippen molar-refractivity contribution in [3.8, 4) is 5.75 Å². The predicted molar refractivity (Wildman–Crippen MR) is 109 cm³/mol. The predicted octanol–water partition coefficient (Wildman–Crippen LogP) is 5.01. The van der Waals surface area contributed by atoms with Crippen LogP contribution in [0.1, 0.15) is 42.2 Å². The number of halogens is 7. The number of nitrogens with zero attached hydrogens (tertiary/aromatic N) is 1. The zero-order valence-electron chi connectivity index (χ0n) is 18.3. The Kier molecular flexibility index (Phi) is 7.00. The first kappa shape index (κ1) is 26.2. The quantitative estimate of drug-likeness (QED) is 0.538. The number of hydrogen-bond donors (Lipinski definition) is 2. The number of benzene rings is 1. The van der Waals surface area contributed by atoms with Gasteiger partial charge in [0.2, 0.25) is 11.7 Å². The second-order valence-electron chi connectivity index (χ2n) is 8.48. The Balaban J connectivity index is 2.10. The number of anilines is 1. The van der Waals surface area contributed by atoms with Crippen molar-refractivity contribution in [3.05, 3.63) is 53.4 Å². The molecule has 1 saturated carbocycles. The summed E-state index contributed by atoms with van der Waals surface area (Å²) in [5.41, 5.74) is 1.91. The topological polar surface area (TPSA) is 94.3 Å². The number of nitrogens with one attached hydrogen (secondary N) is 1. The highest BCUT2D eigenvalue weighted by atomic mass is 19.4. The highest BCUT2D eigenvalue weighted by Gasteiger charge is 2.64. The number of carbonyl (C=O) groups is 2. The number of rotatable bonds is 6. The van der Waals surface area contributed by atoms with Gasteiger partial charge in [0, 0.05) is 29.3 Å². The van der Waals surface area contributed by atoms with Crippen LogP contribution in [-0.2, 0) is 4.79 Å². The van der Waals surface area contributed by atoms with Crippen LogP contribution in [0.15, 0.2) is 30.5 Å². The Morgan fingerprint density at radius 1 is 1.23 bits per heavy atom. The van der Waals surface area contributed by atoms with E-state index in [1.807, 2.05) is 0 Å². The van der Waals surface area contributed by atoms with Crippen molar-refractivity contribution < 1.29 is 45.1 Å². The molecule has 3 rings (SSSR count). The normalized spacial score (nSPS) is 24.5. The molecule has 4 unspecified atom stereocenters. The Morgan fingerprint density at radius 2 is 1.89 bits per heavy atom. The molecular weight excluding hydrogens is 487 g/mol. The summed E-state index contributed by atoms with van der Waals surface area (Å²) >= 11 is 0. The molecule has 13 heteroatoms. The Labute approximate surface area is 194 Å². The number of alkyl halides is 5. The van der Waals surface area contributed by atoms with Gasteiger partial charge in [-0.05, 0) is 30.5 Å². The maximum Gasteiger partial charge on any atom is 0.394 e. The summed E-state index contributed by atoms with van der Waals surface area (Å²) in [4.78, 5) is 28.2. The summed E-state index contributed by atoms with van der Waals surface area (Å²) in [6.45, 7) is -1.59. The average molecular weight is 507 g/mol. The number of primary amides is 1. The van der Waals surface area contributed by atoms with Crippen LogP contribution < -0.4 is 15.8 Å². The van der Waals surface area contributed by atoms with Crippen molar-refractivity contribution in [1.82, 2.24) is 4.98 Å². The fourth-order valence-corrected chi connectivity index (χ4v) is 4.53. The van der Waals surface area contributed by atoms with Crippen molar-refractivity contribution in [2.75, 3.05) is 5.32 Å². The first-order valence-corrected chi connectivity index (χ1v) is 10.2. The molecule has 6 nitrogen and oxygen atoms in total. The molecule has 0 radical (unpaired) electrons. The van der Waals surface area contributed by atoms with Crippen molar-refractivity contribution in [1.29, 1.82) is 0 Å². The van der Waals surface area contributed by atoms with Gasteiger partial charge in [0.25, 0.3) is 5.91 Å². The molecule has 3 N–H and O–H groups in total. The SMILES string of the molecule is CC1C(c2ccc(F)c(F)c2OC(F)F)C(C(=O)Nc2ccnc(C(N)=O)c2)CC1(C)C(F)(F)F. The minimum atomic E-state index is -4.82. The summed E-state index contributed by atoms with van der Waals surface area (Å²) in [7, 11) is 0. The Bertz CT molecular complexity index is 1140. The molecule has 2 aromatic rings. The zero-order valence-corrected chi connectivity index (χ0v) is 18.3. The number of nitrogens with two attached hydrogens (primary N) is 1. The van der Waals surface area contributed by atoms with Gasteiger partial charge < -0.3 is 15.8 Å². The zero-order chi connectivity index (χ0) is 26.3. The van der Waals surface area contributed by atoms with E-state index in [2.05, 4.69) is 15.0 Å². The number of ether oxygens (including phenoxy) is 1. The lowest BCUT2D eigenvalue weighted by Gasteiger charge is -2.33. The van der Waals surface area contributed by atoms with Crippen LogP contribution in [0.25, 0.3) is 0 Å². The smallest absolute Gasteiger partial charge is 0.394 e. The van der Waals surface area contributed by atoms with Crippen molar-refractivity contribution in [2.24, 2.45) is 23.0 Å². The molecule has 1 heterocycles. The van der Waals surface area contributed by atoms with E-state index in [0.717, 1.165) is 32.2 Å². The molecule has 2 amide bonds. The molecule has 1 aromatic carbocycles. The maximum atomic E-state index is 14.4. The molecule has 4 atom stereocenters. The minimum absolute atomic E-state index is 0.0137. The van der Waals surface area contributed by atoms with Crippen LogP contribution in [0.3, 0.4) is 0 Å². The Morgan fingerprint density at radius 3 is 2.46 bits per heavy atom. The van der Waals surface area contributed by atoms with Crippen LogP contribution in [0, 0.1) is 28.9 Å². The van der Waals surface area contributed by atoms with Crippen LogP contribution >= 0.6 is 0 Å². The number of pyridine rings is 1. The van der Waals surface area contributed by atoms with Gasteiger partial charge in [0.1, 0.15) is 5.69 Å². The maximum absolute atomic E-state index is 14.4. The molecule has 0 saturated heterocycles. The molecule has 1 fully saturated rings. The lowest BCUT2D eigenvalue weighted by atomic mass is 9.75. The number of amides is 2. The summed E-state index contributed by atoms with van der Waals surface area (Å²) in [6.07, 6.45) is -4.47. The van der Waals surface area contributed by atoms with E-state index in [9.17, 15) is 40.3 Å². The van der Waals surface area contributed by atoms with Gasteiger partial charge in [-0.2, -0.15) is 26.3 Å². The standard InChI is InChI=1S/C22H20F7N3O3/c1-9-15(11-3-4-13(23)16(24)17(11)35-20(25)26)12(8-21(9,2)22(27,28)29)19(34)32-10-5-6-31-14(7-10)18(30)33/h3-7,9,12,15,20H,8H2,1-2H3,(H2,30,33)(H,31,32,34). The number of carbonyl (C=O) groups excluding carboxylic acids is 2. The van der Waals surface area contributed by atoms with Crippen LogP contribution in [0.5, 0.6) is 5.75 Å². The molecule has 0 aliphatic heterocycles. The molecule has 1 aliphatic carbocycles. The van der Waals surface area contributed by atoms with Gasteiger partial charge >= 0.3 is 12.8 Å². The third-order valence-corrected chi connectivity index (χ3v) is 6.53. The van der Waals surface area contributed by atoms with E-state index in [0.29, 0.717) is 6.07 Å². The summed E-state index contributed by atoms with van der Waals surface area (Å²) < 4.78 is 100. The van der Waals surface area contributed by atoms with Gasteiger partial charge in [-0.25, -0.2) is 4.39 Å². The monoisotopic (exact) mass is 507 g/mol. The van der Waals surface area contributed by atoms with Gasteiger partial charge in [0.05, 0.1) is 5.41 Å². The highest BCUT2D eigenvalue weighted by molar-refractivity contribution is 5.96. The molecule has 1 aliphatic rings. The summed E-state index contributed by atoms with van der Waals surface area (Å²) in [6, 6.07) is 3.75. The first-order chi connectivity index (χ1) is 16.2. The lowest BCUT2D eigenvalue weighted by Crippen LogP contribution is -2.38. The summed E-state index contributed by atoms with van der Waals surface area (Å²) in [5, 5.41) is 2.36. The second-order valence-corrected chi connectivity index (χ2v) is 8.48. The van der Waals surface area contributed by atoms with E-state index in [4.69, 9.17) is 5.73 Å². The van der Waals surface area contributed by atoms with Crippen LogP contribution in [-0.4, -0.2) is 29.6 Å². The molecule has 0 bridgehead atoms. The van der Waals surface area contributed by atoms with E-state index in [-0.39, 0.29) is 11.4 Å². The lowest BCUT2D eigenvalue weighted by molar-refractivity contribution is -0.229. The van der Waals surface area contributed by atoms with Crippen molar-refractivity contribution in [2.45, 2.75) is 39.0 Å². The number of aromatic nitrogens is 1. The molecule has 0 spiro atoms. The third kappa shape index (κ3) is 4.89. The Hall–Kier alpha value is -3.38. The van der Waals surface area contributed by atoms with E-state index >= 15 is 0 Å².